The molecule has 0 aliphatic heterocycles. The zero-order valence-electron chi connectivity index (χ0n) is 3.92. The van der Waals surface area contributed by atoms with Crippen molar-refractivity contribution in [2.45, 2.75) is 6.42 Å². The Kier molecular flexibility index (Phi) is 10.2. The molecule has 2 radical (unpaired) electrons. The molecular formula is C3H6CaO3. The van der Waals surface area contributed by atoms with Gasteiger partial charge >= 0.3 is 5.97 Å². The normalized spacial score (nSPS) is 7.00. The van der Waals surface area contributed by atoms with E-state index in [1.54, 1.807) is 0 Å². The first kappa shape index (κ1) is 10.6. The standard InChI is InChI=1S/C3H6O3.Ca/c4-2-1-3(5)6;/h4H,1-2H2,(H,5,6);. The Bertz CT molecular complexity index is 54.1. The van der Waals surface area contributed by atoms with Gasteiger partial charge in [-0.05, 0) is 0 Å². The number of hydrogen-bond acceptors (Lipinski definition) is 2. The first-order valence-electron chi connectivity index (χ1n) is 1.60. The topological polar surface area (TPSA) is 57.5 Å². The average molecular weight is 130 g/mol. The molecule has 0 heterocycles. The van der Waals surface area contributed by atoms with Crippen molar-refractivity contribution in [3.8, 4) is 0 Å². The van der Waals surface area contributed by atoms with Gasteiger partial charge in [0.1, 0.15) is 0 Å². The molecule has 0 bridgehead atoms. The van der Waals surface area contributed by atoms with Crippen molar-refractivity contribution < 1.29 is 15.0 Å². The van der Waals surface area contributed by atoms with E-state index in [2.05, 4.69) is 0 Å². The number of carboxylic acids is 1. The molecule has 0 atom stereocenters. The predicted octanol–water partition coefficient (Wildman–Crippen LogP) is -0.927. The van der Waals surface area contributed by atoms with Crippen LogP contribution in [0.1, 0.15) is 6.42 Å². The third kappa shape index (κ3) is 10.8. The van der Waals surface area contributed by atoms with Gasteiger partial charge in [-0.1, -0.05) is 0 Å². The van der Waals surface area contributed by atoms with Crippen molar-refractivity contribution in [2.75, 3.05) is 6.61 Å². The van der Waals surface area contributed by atoms with Crippen LogP contribution in [0.25, 0.3) is 0 Å². The molecule has 0 rings (SSSR count). The molecule has 0 aliphatic carbocycles. The minimum Gasteiger partial charge on any atom is -0.481 e. The zero-order valence-corrected chi connectivity index (χ0v) is 6.13. The van der Waals surface area contributed by atoms with Crippen LogP contribution >= 0.6 is 0 Å². The van der Waals surface area contributed by atoms with Crippen LogP contribution < -0.4 is 0 Å². The van der Waals surface area contributed by atoms with Gasteiger partial charge < -0.3 is 10.2 Å². The minimum absolute atomic E-state index is 0. The van der Waals surface area contributed by atoms with E-state index in [1.807, 2.05) is 0 Å². The SMILES string of the molecule is O=C(O)CCO.[Ca]. The molecule has 2 N–H and O–H groups in total. The van der Waals surface area contributed by atoms with Gasteiger partial charge in [-0.25, -0.2) is 0 Å². The third-order valence-electron chi connectivity index (χ3n) is 0.326. The monoisotopic (exact) mass is 130 g/mol. The fourth-order valence-electron chi connectivity index (χ4n) is 0.0956. The Labute approximate surface area is 71.3 Å². The van der Waals surface area contributed by atoms with Gasteiger partial charge in [0.25, 0.3) is 0 Å². The summed E-state index contributed by atoms with van der Waals surface area (Å²) in [5, 5.41) is 15.6. The molecule has 0 aromatic rings. The van der Waals surface area contributed by atoms with Gasteiger partial charge in [0, 0.05) is 37.7 Å². The number of rotatable bonds is 2. The summed E-state index contributed by atoms with van der Waals surface area (Å²) in [5.41, 5.74) is 0. The summed E-state index contributed by atoms with van der Waals surface area (Å²) >= 11 is 0. The number of carboxylic acid groups (broad SMARTS) is 1. The van der Waals surface area contributed by atoms with Crippen LogP contribution in [0.5, 0.6) is 0 Å². The van der Waals surface area contributed by atoms with Crippen molar-refractivity contribution in [2.24, 2.45) is 0 Å². The third-order valence-corrected chi connectivity index (χ3v) is 0.326. The molecule has 4 heteroatoms. The second-order valence-corrected chi connectivity index (χ2v) is 0.867. The average Bonchev–Trinajstić information content (AvgIpc) is 1.35. The van der Waals surface area contributed by atoms with Crippen LogP contribution in [-0.2, 0) is 4.79 Å². The summed E-state index contributed by atoms with van der Waals surface area (Å²) in [6, 6.07) is 0. The number of hydrogen-bond donors (Lipinski definition) is 2. The van der Waals surface area contributed by atoms with E-state index < -0.39 is 5.97 Å². The van der Waals surface area contributed by atoms with Crippen LogP contribution in [0.4, 0.5) is 0 Å². The van der Waals surface area contributed by atoms with Crippen molar-refractivity contribution in [3.63, 3.8) is 0 Å². The van der Waals surface area contributed by atoms with Gasteiger partial charge in [0.05, 0.1) is 13.0 Å². The Morgan fingerprint density at radius 2 is 2.00 bits per heavy atom. The van der Waals surface area contributed by atoms with Gasteiger partial charge in [0.2, 0.25) is 0 Å². The van der Waals surface area contributed by atoms with Crippen LogP contribution in [-0.4, -0.2) is 60.5 Å². The first-order valence-corrected chi connectivity index (χ1v) is 1.60. The Morgan fingerprint density at radius 3 is 2.00 bits per heavy atom. The van der Waals surface area contributed by atoms with Crippen molar-refractivity contribution in [3.05, 3.63) is 0 Å². The molecule has 3 nitrogen and oxygen atoms in total. The Hall–Kier alpha value is 0.690. The quantitative estimate of drug-likeness (QED) is 0.475. The van der Waals surface area contributed by atoms with E-state index in [1.165, 1.54) is 0 Å². The molecule has 0 aromatic carbocycles. The smallest absolute Gasteiger partial charge is 0.305 e. The van der Waals surface area contributed by atoms with E-state index in [0.29, 0.717) is 0 Å². The molecule has 0 spiro atoms. The maximum absolute atomic E-state index is 9.44. The molecule has 0 saturated heterocycles. The molecule has 0 amide bonds. The maximum atomic E-state index is 9.44. The van der Waals surface area contributed by atoms with Gasteiger partial charge in [-0.15, -0.1) is 0 Å². The largest absolute Gasteiger partial charge is 0.481 e. The molecule has 0 unspecified atom stereocenters. The summed E-state index contributed by atoms with van der Waals surface area (Å²) in [6.07, 6.45) is -0.153. The van der Waals surface area contributed by atoms with Crippen molar-refractivity contribution >= 4 is 43.7 Å². The number of aliphatic carboxylic acids is 1. The van der Waals surface area contributed by atoms with E-state index in [0.717, 1.165) is 0 Å². The molecular weight excluding hydrogens is 124 g/mol. The van der Waals surface area contributed by atoms with Gasteiger partial charge in [-0.3, -0.25) is 4.79 Å². The Balaban J connectivity index is 0. The summed E-state index contributed by atoms with van der Waals surface area (Å²) in [5.74, 6) is -0.961. The number of aliphatic hydroxyl groups excluding tert-OH is 1. The fraction of sp³-hybridized carbons (Fsp3) is 0.667. The summed E-state index contributed by atoms with van der Waals surface area (Å²) in [7, 11) is 0. The maximum Gasteiger partial charge on any atom is 0.305 e. The minimum atomic E-state index is -0.961. The molecule has 0 aromatic heterocycles. The van der Waals surface area contributed by atoms with Gasteiger partial charge in [0.15, 0.2) is 0 Å². The van der Waals surface area contributed by atoms with Gasteiger partial charge in [-0.2, -0.15) is 0 Å². The summed E-state index contributed by atoms with van der Waals surface area (Å²) in [4.78, 5) is 9.44. The van der Waals surface area contributed by atoms with Crippen molar-refractivity contribution in [1.29, 1.82) is 0 Å². The summed E-state index contributed by atoms with van der Waals surface area (Å²) < 4.78 is 0. The number of carbonyl (C=O) groups is 1. The van der Waals surface area contributed by atoms with E-state index in [-0.39, 0.29) is 50.8 Å². The Morgan fingerprint density at radius 1 is 1.57 bits per heavy atom. The second kappa shape index (κ2) is 6.69. The van der Waals surface area contributed by atoms with Crippen molar-refractivity contribution in [1.82, 2.24) is 0 Å². The molecule has 0 fully saturated rings. The number of aliphatic hydroxyl groups is 1. The van der Waals surface area contributed by atoms with E-state index in [4.69, 9.17) is 10.2 Å². The van der Waals surface area contributed by atoms with Crippen LogP contribution in [0, 0.1) is 0 Å². The van der Waals surface area contributed by atoms with Crippen LogP contribution in [0.2, 0.25) is 0 Å². The molecule has 0 aliphatic rings. The molecule has 0 saturated carbocycles. The fourth-order valence-corrected chi connectivity index (χ4v) is 0.0956. The molecule has 7 heavy (non-hydrogen) atoms. The van der Waals surface area contributed by atoms with Crippen LogP contribution in [0.3, 0.4) is 0 Å². The first-order chi connectivity index (χ1) is 2.77. The van der Waals surface area contributed by atoms with Crippen LogP contribution in [0.15, 0.2) is 0 Å². The van der Waals surface area contributed by atoms with E-state index in [9.17, 15) is 4.79 Å². The predicted molar refractivity (Wildman–Crippen MR) is 25.1 cm³/mol. The summed E-state index contributed by atoms with van der Waals surface area (Å²) in [6.45, 7) is -0.269. The molecule has 38 valence electrons. The second-order valence-electron chi connectivity index (χ2n) is 0.867. The zero-order chi connectivity index (χ0) is 4.99. The van der Waals surface area contributed by atoms with E-state index >= 15 is 0 Å².